The molecule has 0 bridgehead atoms. The molecule has 0 radical (unpaired) electrons. The van der Waals surface area contributed by atoms with E-state index in [1.807, 2.05) is 26.0 Å². The molecule has 1 aromatic rings. The van der Waals surface area contributed by atoms with Gasteiger partial charge in [0, 0.05) is 24.3 Å². The fourth-order valence-corrected chi connectivity index (χ4v) is 3.45. The highest BCUT2D eigenvalue weighted by molar-refractivity contribution is 7.91. The number of aldehydes is 1. The predicted molar refractivity (Wildman–Crippen MR) is 72.2 cm³/mol. The molecule has 1 saturated heterocycles. The summed E-state index contributed by atoms with van der Waals surface area (Å²) >= 11 is 0. The highest BCUT2D eigenvalue weighted by Crippen LogP contribution is 2.25. The quantitative estimate of drug-likeness (QED) is 0.759. The number of sulfone groups is 1. The molecular formula is C13H17NO3S. The molecule has 4 nitrogen and oxygen atoms in total. The summed E-state index contributed by atoms with van der Waals surface area (Å²) in [6, 6.07) is 3.83. The molecular weight excluding hydrogens is 250 g/mol. The Morgan fingerprint density at radius 2 is 1.72 bits per heavy atom. The first-order valence-electron chi connectivity index (χ1n) is 5.95. The lowest BCUT2D eigenvalue weighted by Crippen LogP contribution is -2.40. The average molecular weight is 267 g/mol. The van der Waals surface area contributed by atoms with E-state index in [2.05, 4.69) is 4.90 Å². The van der Waals surface area contributed by atoms with Crippen molar-refractivity contribution in [3.63, 3.8) is 0 Å². The molecule has 1 fully saturated rings. The van der Waals surface area contributed by atoms with Crippen molar-refractivity contribution in [2.45, 2.75) is 13.8 Å². The molecule has 0 amide bonds. The number of benzene rings is 1. The van der Waals surface area contributed by atoms with Crippen molar-refractivity contribution in [1.29, 1.82) is 0 Å². The molecule has 0 N–H and O–H groups in total. The number of hydrogen-bond donors (Lipinski definition) is 0. The first kappa shape index (κ1) is 13.1. The lowest BCUT2D eigenvalue weighted by atomic mass is 10.0. The molecule has 18 heavy (non-hydrogen) atoms. The topological polar surface area (TPSA) is 54.5 Å². The number of nitrogens with zero attached hydrogens (tertiary/aromatic N) is 1. The fraction of sp³-hybridized carbons (Fsp3) is 0.462. The molecule has 1 heterocycles. The Kier molecular flexibility index (Phi) is 3.43. The van der Waals surface area contributed by atoms with Crippen LogP contribution in [0.25, 0.3) is 0 Å². The lowest BCUT2D eigenvalue weighted by molar-refractivity contribution is 0.112. The van der Waals surface area contributed by atoms with E-state index >= 15 is 0 Å². The van der Waals surface area contributed by atoms with Gasteiger partial charge in [0.1, 0.15) is 6.29 Å². The standard InChI is InChI=1S/C13H17NO3S/c1-10-8-13(11(2)7-12(10)9-15)14-3-5-18(16,17)6-4-14/h7-9H,3-6H2,1-2H3. The molecule has 5 heteroatoms. The van der Waals surface area contributed by atoms with E-state index in [4.69, 9.17) is 0 Å². The Morgan fingerprint density at radius 3 is 2.28 bits per heavy atom. The van der Waals surface area contributed by atoms with E-state index in [0.29, 0.717) is 18.7 Å². The van der Waals surface area contributed by atoms with Gasteiger partial charge in [0.15, 0.2) is 9.84 Å². The van der Waals surface area contributed by atoms with Gasteiger partial charge >= 0.3 is 0 Å². The van der Waals surface area contributed by atoms with Crippen LogP contribution in [0.2, 0.25) is 0 Å². The SMILES string of the molecule is Cc1cc(N2CCS(=O)(=O)CC2)c(C)cc1C=O. The Bertz CT molecular complexity index is 564. The van der Waals surface area contributed by atoms with Gasteiger partial charge in [-0.05, 0) is 37.1 Å². The Balaban J connectivity index is 2.30. The molecule has 1 aliphatic heterocycles. The zero-order chi connectivity index (χ0) is 13.3. The van der Waals surface area contributed by atoms with E-state index in [1.165, 1.54) is 0 Å². The number of carbonyl (C=O) groups excluding carboxylic acids is 1. The van der Waals surface area contributed by atoms with Crippen molar-refractivity contribution in [1.82, 2.24) is 0 Å². The lowest BCUT2D eigenvalue weighted by Gasteiger charge is -2.30. The molecule has 0 atom stereocenters. The summed E-state index contributed by atoms with van der Waals surface area (Å²) < 4.78 is 22.8. The summed E-state index contributed by atoms with van der Waals surface area (Å²) in [5.74, 6) is 0.418. The van der Waals surface area contributed by atoms with Crippen molar-refractivity contribution in [3.8, 4) is 0 Å². The molecule has 0 spiro atoms. The number of aryl methyl sites for hydroxylation is 2. The largest absolute Gasteiger partial charge is 0.369 e. The summed E-state index contributed by atoms with van der Waals surface area (Å²) in [6.07, 6.45) is 0.854. The molecule has 2 rings (SSSR count). The third kappa shape index (κ3) is 2.56. The number of carbonyl (C=O) groups is 1. The zero-order valence-corrected chi connectivity index (χ0v) is 11.5. The average Bonchev–Trinajstić information content (AvgIpc) is 2.32. The second-order valence-corrected chi connectivity index (χ2v) is 7.06. The number of hydrogen-bond acceptors (Lipinski definition) is 4. The van der Waals surface area contributed by atoms with Crippen LogP contribution in [0.3, 0.4) is 0 Å². The van der Waals surface area contributed by atoms with Gasteiger partial charge in [-0.1, -0.05) is 0 Å². The molecule has 98 valence electrons. The summed E-state index contributed by atoms with van der Waals surface area (Å²) in [5, 5.41) is 0. The van der Waals surface area contributed by atoms with Gasteiger partial charge in [0.2, 0.25) is 0 Å². The maximum atomic E-state index is 11.4. The normalized spacial score (nSPS) is 18.7. The summed E-state index contributed by atoms with van der Waals surface area (Å²) in [4.78, 5) is 12.9. The van der Waals surface area contributed by atoms with E-state index in [-0.39, 0.29) is 11.5 Å². The first-order valence-corrected chi connectivity index (χ1v) is 7.77. The summed E-state index contributed by atoms with van der Waals surface area (Å²) in [5.41, 5.74) is 3.68. The van der Waals surface area contributed by atoms with Crippen LogP contribution >= 0.6 is 0 Å². The van der Waals surface area contributed by atoms with Gasteiger partial charge in [0.05, 0.1) is 11.5 Å². The molecule has 1 aromatic carbocycles. The summed E-state index contributed by atoms with van der Waals surface area (Å²) in [6.45, 7) is 4.91. The first-order chi connectivity index (χ1) is 8.43. The predicted octanol–water partition coefficient (Wildman–Crippen LogP) is 1.35. The van der Waals surface area contributed by atoms with Crippen molar-refractivity contribution in [3.05, 3.63) is 28.8 Å². The molecule has 0 saturated carbocycles. The van der Waals surface area contributed by atoms with E-state index in [0.717, 1.165) is 23.1 Å². The second-order valence-electron chi connectivity index (χ2n) is 4.75. The zero-order valence-electron chi connectivity index (χ0n) is 10.6. The molecule has 0 unspecified atom stereocenters. The highest BCUT2D eigenvalue weighted by atomic mass is 32.2. The van der Waals surface area contributed by atoms with Crippen molar-refractivity contribution >= 4 is 21.8 Å². The highest BCUT2D eigenvalue weighted by Gasteiger charge is 2.22. The molecule has 0 aliphatic carbocycles. The van der Waals surface area contributed by atoms with Crippen LogP contribution in [0, 0.1) is 13.8 Å². The van der Waals surface area contributed by atoms with Gasteiger partial charge in [-0.25, -0.2) is 8.42 Å². The van der Waals surface area contributed by atoms with Crippen LogP contribution in [0.4, 0.5) is 5.69 Å². The van der Waals surface area contributed by atoms with Crippen molar-refractivity contribution in [2.75, 3.05) is 29.5 Å². The van der Waals surface area contributed by atoms with Crippen LogP contribution in [0.1, 0.15) is 21.5 Å². The Labute approximate surface area is 108 Å². The maximum Gasteiger partial charge on any atom is 0.153 e. The van der Waals surface area contributed by atoms with Gasteiger partial charge in [-0.2, -0.15) is 0 Å². The Hall–Kier alpha value is -1.36. The minimum atomic E-state index is -2.86. The van der Waals surface area contributed by atoms with Gasteiger partial charge < -0.3 is 4.90 Å². The van der Waals surface area contributed by atoms with E-state index in [1.54, 1.807) is 0 Å². The van der Waals surface area contributed by atoms with Crippen molar-refractivity contribution in [2.24, 2.45) is 0 Å². The monoisotopic (exact) mass is 267 g/mol. The number of anilines is 1. The van der Waals surface area contributed by atoms with Gasteiger partial charge in [0.25, 0.3) is 0 Å². The van der Waals surface area contributed by atoms with Crippen LogP contribution in [0.5, 0.6) is 0 Å². The summed E-state index contributed by atoms with van der Waals surface area (Å²) in [7, 11) is -2.86. The van der Waals surface area contributed by atoms with Crippen LogP contribution < -0.4 is 4.90 Å². The minimum Gasteiger partial charge on any atom is -0.369 e. The third-order valence-corrected chi connectivity index (χ3v) is 5.01. The van der Waals surface area contributed by atoms with Crippen LogP contribution in [0.15, 0.2) is 12.1 Å². The van der Waals surface area contributed by atoms with Gasteiger partial charge in [-0.3, -0.25) is 4.79 Å². The second kappa shape index (κ2) is 4.72. The number of rotatable bonds is 2. The third-order valence-electron chi connectivity index (χ3n) is 3.40. The van der Waals surface area contributed by atoms with Gasteiger partial charge in [-0.15, -0.1) is 0 Å². The van der Waals surface area contributed by atoms with Crippen LogP contribution in [-0.4, -0.2) is 39.3 Å². The van der Waals surface area contributed by atoms with Crippen LogP contribution in [-0.2, 0) is 9.84 Å². The molecule has 1 aliphatic rings. The van der Waals surface area contributed by atoms with E-state index < -0.39 is 9.84 Å². The smallest absolute Gasteiger partial charge is 0.153 e. The molecule has 0 aromatic heterocycles. The Morgan fingerprint density at radius 1 is 1.11 bits per heavy atom. The fourth-order valence-electron chi connectivity index (χ4n) is 2.24. The van der Waals surface area contributed by atoms with Crippen molar-refractivity contribution < 1.29 is 13.2 Å². The maximum absolute atomic E-state index is 11.4. The minimum absolute atomic E-state index is 0.209. The van der Waals surface area contributed by atoms with E-state index in [9.17, 15) is 13.2 Å².